The van der Waals surface area contributed by atoms with Crippen LogP contribution in [0.4, 0.5) is 8.78 Å². The Bertz CT molecular complexity index is 361. The third kappa shape index (κ3) is 2.17. The molecule has 0 heterocycles. The molecule has 0 aromatic heterocycles. The van der Waals surface area contributed by atoms with E-state index in [2.05, 4.69) is 0 Å². The van der Waals surface area contributed by atoms with Crippen LogP contribution in [0.2, 0.25) is 0 Å². The minimum Gasteiger partial charge on any atom is -0.324 e. The lowest BCUT2D eigenvalue weighted by atomic mass is 9.91. The van der Waals surface area contributed by atoms with Crippen molar-refractivity contribution in [2.24, 2.45) is 17.6 Å². The van der Waals surface area contributed by atoms with Gasteiger partial charge in [-0.25, -0.2) is 8.78 Å². The summed E-state index contributed by atoms with van der Waals surface area (Å²) in [6, 6.07) is 3.29. The van der Waals surface area contributed by atoms with Crippen molar-refractivity contribution in [2.75, 3.05) is 0 Å². The molecule has 2 unspecified atom stereocenters. The number of hydrogen-bond donors (Lipinski definition) is 1. The molecule has 1 fully saturated rings. The Hall–Kier alpha value is -0.960. The number of benzene rings is 1. The van der Waals surface area contributed by atoms with E-state index in [1.54, 1.807) is 0 Å². The van der Waals surface area contributed by atoms with Crippen LogP contribution in [-0.4, -0.2) is 0 Å². The van der Waals surface area contributed by atoms with E-state index in [1.165, 1.54) is 25.0 Å². The monoisotopic (exact) mass is 211 g/mol. The van der Waals surface area contributed by atoms with Crippen LogP contribution in [0.5, 0.6) is 0 Å². The molecule has 1 saturated carbocycles. The highest BCUT2D eigenvalue weighted by molar-refractivity contribution is 5.22. The van der Waals surface area contributed by atoms with E-state index in [-0.39, 0.29) is 12.0 Å². The van der Waals surface area contributed by atoms with Crippen LogP contribution in [0.25, 0.3) is 0 Å². The van der Waals surface area contributed by atoms with Gasteiger partial charge in [-0.1, -0.05) is 13.0 Å². The quantitative estimate of drug-likeness (QED) is 0.817. The number of halogens is 2. The molecule has 0 aliphatic heterocycles. The molecule has 1 aromatic rings. The molecular formula is C12H15F2N. The molecule has 0 saturated heterocycles. The maximum absolute atomic E-state index is 13.4. The van der Waals surface area contributed by atoms with Crippen LogP contribution in [0.15, 0.2) is 18.2 Å². The predicted octanol–water partition coefficient (Wildman–Crippen LogP) is 3.01. The third-order valence-corrected chi connectivity index (χ3v) is 3.25. The van der Waals surface area contributed by atoms with E-state index in [0.29, 0.717) is 11.5 Å². The van der Waals surface area contributed by atoms with Gasteiger partial charge in [0.2, 0.25) is 0 Å². The molecular weight excluding hydrogens is 196 g/mol. The van der Waals surface area contributed by atoms with Gasteiger partial charge >= 0.3 is 0 Å². The van der Waals surface area contributed by atoms with Crippen LogP contribution >= 0.6 is 0 Å². The highest BCUT2D eigenvalue weighted by Crippen LogP contribution is 2.42. The summed E-state index contributed by atoms with van der Waals surface area (Å²) in [6.07, 6.45) is 2.36. The number of nitrogens with two attached hydrogens (primary N) is 1. The van der Waals surface area contributed by atoms with Gasteiger partial charge in [0.05, 0.1) is 0 Å². The first-order valence-electron chi connectivity index (χ1n) is 5.30. The second-order valence-electron chi connectivity index (χ2n) is 4.39. The fourth-order valence-electron chi connectivity index (χ4n) is 1.97. The summed E-state index contributed by atoms with van der Waals surface area (Å²) in [5.74, 6) is -0.202. The van der Waals surface area contributed by atoms with Crippen LogP contribution in [0.3, 0.4) is 0 Å². The van der Waals surface area contributed by atoms with Gasteiger partial charge in [-0.2, -0.15) is 0 Å². The molecule has 0 spiro atoms. The van der Waals surface area contributed by atoms with Crippen LogP contribution < -0.4 is 5.73 Å². The SMILES string of the molecule is CC(C1CC1)C(N)c1ccc(F)cc1F. The molecule has 15 heavy (non-hydrogen) atoms. The van der Waals surface area contributed by atoms with Gasteiger partial charge in [-0.3, -0.25) is 0 Å². The van der Waals surface area contributed by atoms with Crippen molar-refractivity contribution in [3.8, 4) is 0 Å². The van der Waals surface area contributed by atoms with Gasteiger partial charge in [0.25, 0.3) is 0 Å². The second-order valence-corrected chi connectivity index (χ2v) is 4.39. The second kappa shape index (κ2) is 3.89. The predicted molar refractivity (Wildman–Crippen MR) is 55.2 cm³/mol. The van der Waals surface area contributed by atoms with Gasteiger partial charge < -0.3 is 5.73 Å². The zero-order chi connectivity index (χ0) is 11.0. The molecule has 82 valence electrons. The molecule has 1 aromatic carbocycles. The fraction of sp³-hybridized carbons (Fsp3) is 0.500. The highest BCUT2D eigenvalue weighted by atomic mass is 19.1. The summed E-state index contributed by atoms with van der Waals surface area (Å²) in [5.41, 5.74) is 6.39. The Morgan fingerprint density at radius 3 is 2.53 bits per heavy atom. The van der Waals surface area contributed by atoms with E-state index in [1.807, 2.05) is 6.92 Å². The molecule has 2 rings (SSSR count). The van der Waals surface area contributed by atoms with Gasteiger partial charge in [-0.15, -0.1) is 0 Å². The first kappa shape index (κ1) is 10.6. The zero-order valence-corrected chi connectivity index (χ0v) is 8.71. The normalized spacial score (nSPS) is 20.0. The summed E-state index contributed by atoms with van der Waals surface area (Å²) in [5, 5.41) is 0. The van der Waals surface area contributed by atoms with E-state index in [0.717, 1.165) is 6.07 Å². The van der Waals surface area contributed by atoms with Crippen LogP contribution in [-0.2, 0) is 0 Å². The molecule has 3 heteroatoms. The van der Waals surface area contributed by atoms with Gasteiger partial charge in [-0.05, 0) is 30.7 Å². The van der Waals surface area contributed by atoms with E-state index >= 15 is 0 Å². The van der Waals surface area contributed by atoms with Crippen molar-refractivity contribution < 1.29 is 8.78 Å². The summed E-state index contributed by atoms with van der Waals surface area (Å²) >= 11 is 0. The Morgan fingerprint density at radius 1 is 1.33 bits per heavy atom. The fourth-order valence-corrected chi connectivity index (χ4v) is 1.97. The van der Waals surface area contributed by atoms with Crippen molar-refractivity contribution >= 4 is 0 Å². The minimum atomic E-state index is -0.553. The highest BCUT2D eigenvalue weighted by Gasteiger charge is 2.33. The Morgan fingerprint density at radius 2 is 2.00 bits per heavy atom. The Kier molecular flexibility index (Phi) is 2.74. The molecule has 2 atom stereocenters. The molecule has 0 radical (unpaired) electrons. The molecule has 1 aliphatic carbocycles. The Balaban J connectivity index is 2.20. The number of hydrogen-bond acceptors (Lipinski definition) is 1. The summed E-state index contributed by atoms with van der Waals surface area (Å²) in [7, 11) is 0. The minimum absolute atomic E-state index is 0.268. The van der Waals surface area contributed by atoms with Crippen LogP contribution in [0.1, 0.15) is 31.4 Å². The summed E-state index contributed by atoms with van der Waals surface area (Å²) in [4.78, 5) is 0. The maximum atomic E-state index is 13.4. The van der Waals surface area contributed by atoms with E-state index < -0.39 is 11.6 Å². The summed E-state index contributed by atoms with van der Waals surface area (Å²) < 4.78 is 26.1. The van der Waals surface area contributed by atoms with Crippen molar-refractivity contribution in [3.63, 3.8) is 0 Å². The summed E-state index contributed by atoms with van der Waals surface area (Å²) in [6.45, 7) is 2.03. The number of rotatable bonds is 3. The molecule has 0 bridgehead atoms. The van der Waals surface area contributed by atoms with Gasteiger partial charge in [0, 0.05) is 17.7 Å². The molecule has 2 N–H and O–H groups in total. The van der Waals surface area contributed by atoms with Crippen molar-refractivity contribution in [1.29, 1.82) is 0 Å². The van der Waals surface area contributed by atoms with Crippen molar-refractivity contribution in [2.45, 2.75) is 25.8 Å². The Labute approximate surface area is 88.3 Å². The van der Waals surface area contributed by atoms with Crippen LogP contribution in [0, 0.1) is 23.5 Å². The van der Waals surface area contributed by atoms with Crippen molar-refractivity contribution in [1.82, 2.24) is 0 Å². The largest absolute Gasteiger partial charge is 0.324 e. The third-order valence-electron chi connectivity index (χ3n) is 3.25. The first-order valence-corrected chi connectivity index (χ1v) is 5.30. The topological polar surface area (TPSA) is 26.0 Å². The smallest absolute Gasteiger partial charge is 0.130 e. The average molecular weight is 211 g/mol. The zero-order valence-electron chi connectivity index (χ0n) is 8.71. The van der Waals surface area contributed by atoms with E-state index in [9.17, 15) is 8.78 Å². The van der Waals surface area contributed by atoms with Crippen molar-refractivity contribution in [3.05, 3.63) is 35.4 Å². The lowest BCUT2D eigenvalue weighted by molar-refractivity contribution is 0.403. The molecule has 0 amide bonds. The first-order chi connectivity index (χ1) is 7.09. The average Bonchev–Trinajstić information content (AvgIpc) is 2.99. The standard InChI is InChI=1S/C12H15F2N/c1-7(8-2-3-8)12(15)10-5-4-9(13)6-11(10)14/h4-8,12H,2-3,15H2,1H3. The molecule has 1 nitrogen and oxygen atoms in total. The van der Waals surface area contributed by atoms with Gasteiger partial charge in [0.15, 0.2) is 0 Å². The van der Waals surface area contributed by atoms with E-state index in [4.69, 9.17) is 5.73 Å². The maximum Gasteiger partial charge on any atom is 0.130 e. The molecule has 1 aliphatic rings. The van der Waals surface area contributed by atoms with Gasteiger partial charge in [0.1, 0.15) is 11.6 Å². The lowest BCUT2D eigenvalue weighted by Crippen LogP contribution is -2.21. The lowest BCUT2D eigenvalue weighted by Gasteiger charge is -2.20.